The highest BCUT2D eigenvalue weighted by Crippen LogP contribution is 2.62. The summed E-state index contributed by atoms with van der Waals surface area (Å²) < 4.78 is 1.98. The van der Waals surface area contributed by atoms with Crippen LogP contribution in [0.3, 0.4) is 0 Å². The van der Waals surface area contributed by atoms with Crippen LogP contribution in [0.5, 0.6) is 0 Å². The summed E-state index contributed by atoms with van der Waals surface area (Å²) in [7, 11) is 0. The average molecular weight is 269 g/mol. The van der Waals surface area contributed by atoms with E-state index in [4.69, 9.17) is 5.73 Å². The standard InChI is InChI=1S/C15H19N5/c1-10-12(3-2-4-13(10)16)14-17-18-19-20(14)9-15(7-8-15)11-5-6-11/h2-4,11H,5-9,16H2,1H3. The molecular weight excluding hydrogens is 250 g/mol. The van der Waals surface area contributed by atoms with Gasteiger partial charge in [-0.05, 0) is 66.0 Å². The molecule has 1 heterocycles. The molecule has 2 N–H and O–H groups in total. The third kappa shape index (κ3) is 1.80. The van der Waals surface area contributed by atoms with E-state index < -0.39 is 0 Å². The Kier molecular flexibility index (Phi) is 2.40. The molecule has 4 rings (SSSR count). The molecule has 5 nitrogen and oxygen atoms in total. The van der Waals surface area contributed by atoms with E-state index in [2.05, 4.69) is 15.5 Å². The van der Waals surface area contributed by atoms with E-state index in [0.29, 0.717) is 5.41 Å². The third-order valence-electron chi connectivity index (χ3n) is 4.95. The molecule has 2 aliphatic carbocycles. The molecule has 2 fully saturated rings. The maximum absolute atomic E-state index is 6.00. The maximum atomic E-state index is 6.00. The minimum atomic E-state index is 0.484. The van der Waals surface area contributed by atoms with Crippen LogP contribution in [0.15, 0.2) is 18.2 Å². The van der Waals surface area contributed by atoms with Crippen LogP contribution in [0.4, 0.5) is 5.69 Å². The summed E-state index contributed by atoms with van der Waals surface area (Å²) >= 11 is 0. The minimum absolute atomic E-state index is 0.484. The molecule has 0 unspecified atom stereocenters. The number of benzene rings is 1. The summed E-state index contributed by atoms with van der Waals surface area (Å²) in [6.45, 7) is 2.98. The number of nitrogens with two attached hydrogens (primary N) is 1. The smallest absolute Gasteiger partial charge is 0.182 e. The third-order valence-corrected chi connectivity index (χ3v) is 4.95. The van der Waals surface area contributed by atoms with Gasteiger partial charge in [0.15, 0.2) is 5.82 Å². The van der Waals surface area contributed by atoms with Crippen LogP contribution in [0.1, 0.15) is 31.2 Å². The normalized spacial score (nSPS) is 20.1. The van der Waals surface area contributed by atoms with Gasteiger partial charge in [0.2, 0.25) is 0 Å². The van der Waals surface area contributed by atoms with Crippen molar-refractivity contribution in [3.8, 4) is 11.4 Å². The quantitative estimate of drug-likeness (QED) is 0.865. The van der Waals surface area contributed by atoms with Gasteiger partial charge in [0.1, 0.15) is 0 Å². The van der Waals surface area contributed by atoms with Crippen LogP contribution >= 0.6 is 0 Å². The van der Waals surface area contributed by atoms with Crippen molar-refractivity contribution in [2.24, 2.45) is 11.3 Å². The van der Waals surface area contributed by atoms with Crippen molar-refractivity contribution in [1.82, 2.24) is 20.2 Å². The van der Waals surface area contributed by atoms with Crippen molar-refractivity contribution in [3.05, 3.63) is 23.8 Å². The first kappa shape index (κ1) is 11.9. The van der Waals surface area contributed by atoms with Crippen LogP contribution in [-0.4, -0.2) is 20.2 Å². The van der Waals surface area contributed by atoms with Gasteiger partial charge in [-0.3, -0.25) is 0 Å². The van der Waals surface area contributed by atoms with Gasteiger partial charge in [0.25, 0.3) is 0 Å². The summed E-state index contributed by atoms with van der Waals surface area (Å²) in [6, 6.07) is 5.93. The SMILES string of the molecule is Cc1c(N)cccc1-c1nnnn1CC1(C2CC2)CC1. The second kappa shape index (κ2) is 4.04. The maximum Gasteiger partial charge on any atom is 0.182 e. The highest BCUT2D eigenvalue weighted by atomic mass is 15.5. The predicted octanol–water partition coefficient (Wildman–Crippen LogP) is 2.42. The van der Waals surface area contributed by atoms with Crippen molar-refractivity contribution >= 4 is 5.69 Å². The fourth-order valence-corrected chi connectivity index (χ4v) is 3.25. The zero-order valence-corrected chi connectivity index (χ0v) is 11.7. The highest BCUT2D eigenvalue weighted by molar-refractivity contribution is 5.67. The van der Waals surface area contributed by atoms with E-state index in [1.54, 1.807) is 0 Å². The minimum Gasteiger partial charge on any atom is -0.398 e. The van der Waals surface area contributed by atoms with Gasteiger partial charge in [-0.2, -0.15) is 0 Å². The molecule has 0 spiro atoms. The van der Waals surface area contributed by atoms with Gasteiger partial charge in [0, 0.05) is 11.3 Å². The molecule has 0 radical (unpaired) electrons. The fourth-order valence-electron chi connectivity index (χ4n) is 3.25. The number of hydrogen-bond donors (Lipinski definition) is 1. The van der Waals surface area contributed by atoms with Gasteiger partial charge in [0.05, 0.1) is 6.54 Å². The number of nitrogens with zero attached hydrogens (tertiary/aromatic N) is 4. The molecule has 20 heavy (non-hydrogen) atoms. The van der Waals surface area contributed by atoms with Crippen LogP contribution in [0.25, 0.3) is 11.4 Å². The molecule has 0 saturated heterocycles. The van der Waals surface area contributed by atoms with Crippen LogP contribution in [0.2, 0.25) is 0 Å². The number of rotatable bonds is 4. The van der Waals surface area contributed by atoms with Crippen molar-refractivity contribution in [3.63, 3.8) is 0 Å². The lowest BCUT2D eigenvalue weighted by Crippen LogP contribution is -2.16. The molecule has 104 valence electrons. The number of nitrogen functional groups attached to an aromatic ring is 1. The lowest BCUT2D eigenvalue weighted by atomic mass is 10.0. The molecule has 2 saturated carbocycles. The lowest BCUT2D eigenvalue weighted by Gasteiger charge is -2.15. The topological polar surface area (TPSA) is 69.6 Å². The molecule has 0 atom stereocenters. The Balaban J connectivity index is 1.69. The number of hydrogen-bond acceptors (Lipinski definition) is 4. The van der Waals surface area contributed by atoms with Crippen LogP contribution in [-0.2, 0) is 6.54 Å². The first-order valence-electron chi connectivity index (χ1n) is 7.31. The van der Waals surface area contributed by atoms with E-state index in [0.717, 1.165) is 35.1 Å². The highest BCUT2D eigenvalue weighted by Gasteiger charge is 2.54. The van der Waals surface area contributed by atoms with Crippen LogP contribution in [0, 0.1) is 18.3 Å². The Labute approximate surface area is 118 Å². The molecular formula is C15H19N5. The monoisotopic (exact) mass is 269 g/mol. The molecule has 0 bridgehead atoms. The predicted molar refractivity (Wildman–Crippen MR) is 76.8 cm³/mol. The largest absolute Gasteiger partial charge is 0.398 e. The fraction of sp³-hybridized carbons (Fsp3) is 0.533. The molecule has 2 aliphatic rings. The number of tetrazole rings is 1. The Bertz CT molecular complexity index is 652. The second-order valence-corrected chi connectivity index (χ2v) is 6.32. The van der Waals surface area contributed by atoms with E-state index in [9.17, 15) is 0 Å². The molecule has 2 aromatic rings. The lowest BCUT2D eigenvalue weighted by molar-refractivity contribution is 0.348. The summed E-state index contributed by atoms with van der Waals surface area (Å²) in [5.74, 6) is 1.75. The van der Waals surface area contributed by atoms with E-state index in [1.165, 1.54) is 25.7 Å². The first-order chi connectivity index (χ1) is 9.70. The van der Waals surface area contributed by atoms with Gasteiger partial charge < -0.3 is 5.73 Å². The molecule has 1 aromatic carbocycles. The number of aromatic nitrogens is 4. The van der Waals surface area contributed by atoms with E-state index in [1.807, 2.05) is 29.8 Å². The van der Waals surface area contributed by atoms with Gasteiger partial charge in [-0.1, -0.05) is 12.1 Å². The zero-order valence-electron chi connectivity index (χ0n) is 11.7. The van der Waals surface area contributed by atoms with E-state index >= 15 is 0 Å². The molecule has 0 aliphatic heterocycles. The van der Waals surface area contributed by atoms with E-state index in [-0.39, 0.29) is 0 Å². The molecule has 5 heteroatoms. The first-order valence-corrected chi connectivity index (χ1v) is 7.31. The van der Waals surface area contributed by atoms with Gasteiger partial charge in [-0.15, -0.1) is 5.10 Å². The van der Waals surface area contributed by atoms with Crippen molar-refractivity contribution in [1.29, 1.82) is 0 Å². The Morgan fingerprint density at radius 2 is 2.15 bits per heavy atom. The van der Waals surface area contributed by atoms with Crippen LogP contribution < -0.4 is 5.73 Å². The van der Waals surface area contributed by atoms with Crippen molar-refractivity contribution < 1.29 is 0 Å². The Morgan fingerprint density at radius 3 is 2.85 bits per heavy atom. The second-order valence-electron chi connectivity index (χ2n) is 6.32. The summed E-state index contributed by atoms with van der Waals surface area (Å²) in [4.78, 5) is 0. The van der Waals surface area contributed by atoms with Crippen molar-refractivity contribution in [2.45, 2.75) is 39.2 Å². The van der Waals surface area contributed by atoms with Crippen molar-refractivity contribution in [2.75, 3.05) is 5.73 Å². The zero-order chi connectivity index (χ0) is 13.7. The summed E-state index contributed by atoms with van der Waals surface area (Å²) in [6.07, 6.45) is 5.42. The van der Waals surface area contributed by atoms with Gasteiger partial charge >= 0.3 is 0 Å². The average Bonchev–Trinajstić information content (AvgIpc) is 3.32. The summed E-state index contributed by atoms with van der Waals surface area (Å²) in [5, 5.41) is 12.3. The Morgan fingerprint density at radius 1 is 1.35 bits per heavy atom. The number of anilines is 1. The molecule has 0 amide bonds. The van der Waals surface area contributed by atoms with Gasteiger partial charge in [-0.25, -0.2) is 4.68 Å². The Hall–Kier alpha value is -1.91. The molecule has 1 aromatic heterocycles. The summed E-state index contributed by atoms with van der Waals surface area (Å²) in [5.41, 5.74) is 9.37.